The van der Waals surface area contributed by atoms with Crippen molar-refractivity contribution in [2.24, 2.45) is 0 Å². The van der Waals surface area contributed by atoms with Crippen LogP contribution in [0.15, 0.2) is 0 Å². The predicted octanol–water partition coefficient (Wildman–Crippen LogP) is 0.0714. The maximum atomic E-state index is 10.8. The Labute approximate surface area is 72.2 Å². The predicted molar refractivity (Wildman–Crippen MR) is 43.6 cm³/mol. The molecule has 0 amide bonds. The molecular weight excluding hydrogens is 160 g/mol. The normalized spacial score (nSPS) is 15.3. The number of aliphatic hydroxyl groups excluding tert-OH is 2. The first-order valence-electron chi connectivity index (χ1n) is 4.04. The van der Waals surface area contributed by atoms with Crippen LogP contribution in [0.3, 0.4) is 0 Å². The lowest BCUT2D eigenvalue weighted by Crippen LogP contribution is -2.15. The molecule has 0 saturated heterocycles. The lowest BCUT2D eigenvalue weighted by atomic mass is 10.3. The van der Waals surface area contributed by atoms with E-state index in [4.69, 9.17) is 14.9 Å². The maximum Gasteiger partial charge on any atom is 0.308 e. The van der Waals surface area contributed by atoms with Crippen LogP contribution in [0.5, 0.6) is 0 Å². The van der Waals surface area contributed by atoms with Crippen molar-refractivity contribution in [1.29, 1.82) is 0 Å². The van der Waals surface area contributed by atoms with Crippen molar-refractivity contribution in [2.75, 3.05) is 6.61 Å². The second-order valence-electron chi connectivity index (χ2n) is 2.91. The van der Waals surface area contributed by atoms with E-state index in [0.29, 0.717) is 6.42 Å². The molecule has 0 rings (SSSR count). The van der Waals surface area contributed by atoms with Gasteiger partial charge in [0.2, 0.25) is 0 Å². The van der Waals surface area contributed by atoms with E-state index in [0.717, 1.165) is 0 Å². The number of esters is 1. The van der Waals surface area contributed by atoms with Crippen molar-refractivity contribution in [3.05, 3.63) is 0 Å². The molecule has 72 valence electrons. The molecule has 0 spiro atoms. The first kappa shape index (κ1) is 11.4. The van der Waals surface area contributed by atoms with Gasteiger partial charge >= 0.3 is 5.97 Å². The Morgan fingerprint density at radius 3 is 2.33 bits per heavy atom. The largest absolute Gasteiger partial charge is 0.466 e. The first-order chi connectivity index (χ1) is 5.52. The Hall–Kier alpha value is -0.610. The minimum atomic E-state index is -0.663. The third kappa shape index (κ3) is 7.50. The molecule has 0 saturated carbocycles. The molecule has 4 nitrogen and oxygen atoms in total. The van der Waals surface area contributed by atoms with Gasteiger partial charge in [-0.2, -0.15) is 0 Å². The molecule has 0 aromatic rings. The quantitative estimate of drug-likeness (QED) is 0.582. The van der Waals surface area contributed by atoms with E-state index in [1.165, 1.54) is 6.92 Å². The third-order valence-corrected chi connectivity index (χ3v) is 1.26. The van der Waals surface area contributed by atoms with Crippen LogP contribution in [0.4, 0.5) is 0 Å². The minimum absolute atomic E-state index is 0.0137. The number of hydrogen-bond donors (Lipinski definition) is 2. The Bertz CT molecular complexity index is 131. The number of hydrogen-bond acceptors (Lipinski definition) is 4. The van der Waals surface area contributed by atoms with Crippen LogP contribution in [0, 0.1) is 0 Å². The fraction of sp³-hybridized carbons (Fsp3) is 0.875. The summed E-state index contributed by atoms with van der Waals surface area (Å²) in [6.07, 6.45) is -0.667. The summed E-state index contributed by atoms with van der Waals surface area (Å²) in [6.45, 7) is 3.36. The van der Waals surface area contributed by atoms with Crippen molar-refractivity contribution in [3.63, 3.8) is 0 Å². The van der Waals surface area contributed by atoms with Crippen molar-refractivity contribution in [1.82, 2.24) is 0 Å². The summed E-state index contributed by atoms with van der Waals surface area (Å²) in [7, 11) is 0. The molecule has 2 atom stereocenters. The van der Waals surface area contributed by atoms with Gasteiger partial charge in [-0.1, -0.05) is 0 Å². The van der Waals surface area contributed by atoms with Crippen molar-refractivity contribution < 1.29 is 19.7 Å². The Morgan fingerprint density at radius 1 is 1.33 bits per heavy atom. The highest BCUT2D eigenvalue weighted by Gasteiger charge is 2.07. The molecule has 12 heavy (non-hydrogen) atoms. The van der Waals surface area contributed by atoms with Gasteiger partial charge < -0.3 is 14.9 Å². The standard InChI is InChI=1S/C8H16O4/c1-6(9)3-4-12-8(11)5-7(2)10/h6-7,9-10H,3-5H2,1-2H3. The second kappa shape index (κ2) is 5.97. The van der Waals surface area contributed by atoms with Gasteiger partial charge in [-0.25, -0.2) is 0 Å². The summed E-state index contributed by atoms with van der Waals surface area (Å²) in [5, 5.41) is 17.6. The molecule has 0 radical (unpaired) electrons. The average molecular weight is 176 g/mol. The molecule has 0 heterocycles. The summed E-state index contributed by atoms with van der Waals surface area (Å²) in [5.74, 6) is -0.425. The smallest absolute Gasteiger partial charge is 0.308 e. The topological polar surface area (TPSA) is 66.8 Å². The highest BCUT2D eigenvalue weighted by atomic mass is 16.5. The lowest BCUT2D eigenvalue weighted by Gasteiger charge is -2.06. The van der Waals surface area contributed by atoms with E-state index in [1.54, 1.807) is 6.92 Å². The SMILES string of the molecule is CC(O)CCOC(=O)CC(C)O. The van der Waals surface area contributed by atoms with Gasteiger partial charge in [0, 0.05) is 6.42 Å². The van der Waals surface area contributed by atoms with Crippen LogP contribution in [-0.2, 0) is 9.53 Å². The second-order valence-corrected chi connectivity index (χ2v) is 2.91. The highest BCUT2D eigenvalue weighted by molar-refractivity contribution is 5.69. The van der Waals surface area contributed by atoms with Crippen LogP contribution < -0.4 is 0 Å². The molecule has 2 N–H and O–H groups in total. The number of aliphatic hydroxyl groups is 2. The van der Waals surface area contributed by atoms with Crippen molar-refractivity contribution in [2.45, 2.75) is 38.9 Å². The molecule has 0 aliphatic rings. The molecule has 0 fully saturated rings. The Balaban J connectivity index is 3.32. The molecule has 0 bridgehead atoms. The van der Waals surface area contributed by atoms with Gasteiger partial charge in [-0.05, 0) is 13.8 Å². The van der Waals surface area contributed by atoms with Crippen LogP contribution >= 0.6 is 0 Å². The summed E-state index contributed by atoms with van der Waals surface area (Å²) in [5.41, 5.74) is 0. The first-order valence-corrected chi connectivity index (χ1v) is 4.04. The number of ether oxygens (including phenoxy) is 1. The fourth-order valence-corrected chi connectivity index (χ4v) is 0.643. The fourth-order valence-electron chi connectivity index (χ4n) is 0.643. The zero-order valence-electron chi connectivity index (χ0n) is 7.49. The summed E-state index contributed by atoms with van der Waals surface area (Å²) in [6, 6.07) is 0. The number of carbonyl (C=O) groups is 1. The molecule has 0 aliphatic heterocycles. The summed E-state index contributed by atoms with van der Waals surface area (Å²) in [4.78, 5) is 10.8. The van der Waals surface area contributed by atoms with Crippen LogP contribution in [0.2, 0.25) is 0 Å². The molecular formula is C8H16O4. The number of carbonyl (C=O) groups excluding carboxylic acids is 1. The molecule has 4 heteroatoms. The summed E-state index contributed by atoms with van der Waals surface area (Å²) >= 11 is 0. The molecule has 0 aromatic heterocycles. The van der Waals surface area contributed by atoms with E-state index in [9.17, 15) is 4.79 Å². The van der Waals surface area contributed by atoms with Gasteiger partial charge in [0.05, 0.1) is 25.2 Å². The van der Waals surface area contributed by atoms with E-state index in [-0.39, 0.29) is 13.0 Å². The highest BCUT2D eigenvalue weighted by Crippen LogP contribution is 1.95. The minimum Gasteiger partial charge on any atom is -0.466 e. The van der Waals surface area contributed by atoms with Gasteiger partial charge in [-0.3, -0.25) is 4.79 Å². The van der Waals surface area contributed by atoms with Crippen LogP contribution in [-0.4, -0.2) is 35.0 Å². The van der Waals surface area contributed by atoms with E-state index in [1.807, 2.05) is 0 Å². The van der Waals surface area contributed by atoms with Gasteiger partial charge in [0.15, 0.2) is 0 Å². The van der Waals surface area contributed by atoms with Crippen LogP contribution in [0.1, 0.15) is 26.7 Å². The summed E-state index contributed by atoms with van der Waals surface area (Å²) < 4.78 is 4.70. The van der Waals surface area contributed by atoms with Crippen molar-refractivity contribution in [3.8, 4) is 0 Å². The van der Waals surface area contributed by atoms with E-state index >= 15 is 0 Å². The van der Waals surface area contributed by atoms with E-state index < -0.39 is 18.2 Å². The third-order valence-electron chi connectivity index (χ3n) is 1.26. The number of rotatable bonds is 5. The Morgan fingerprint density at radius 2 is 1.92 bits per heavy atom. The average Bonchev–Trinajstić information content (AvgIpc) is 1.84. The maximum absolute atomic E-state index is 10.8. The molecule has 0 aliphatic carbocycles. The monoisotopic (exact) mass is 176 g/mol. The zero-order chi connectivity index (χ0) is 9.56. The van der Waals surface area contributed by atoms with Gasteiger partial charge in [0.25, 0.3) is 0 Å². The molecule has 2 unspecified atom stereocenters. The molecule has 0 aromatic carbocycles. The zero-order valence-corrected chi connectivity index (χ0v) is 7.49. The lowest BCUT2D eigenvalue weighted by molar-refractivity contribution is -0.146. The van der Waals surface area contributed by atoms with Gasteiger partial charge in [0.1, 0.15) is 0 Å². The van der Waals surface area contributed by atoms with Gasteiger partial charge in [-0.15, -0.1) is 0 Å². The van der Waals surface area contributed by atoms with Crippen LogP contribution in [0.25, 0.3) is 0 Å². The van der Waals surface area contributed by atoms with Crippen molar-refractivity contribution >= 4 is 5.97 Å². The van der Waals surface area contributed by atoms with E-state index in [2.05, 4.69) is 0 Å². The Kier molecular flexibility index (Phi) is 5.66.